The van der Waals surface area contributed by atoms with E-state index < -0.39 is 0 Å². The first kappa shape index (κ1) is 15.1. The highest BCUT2D eigenvalue weighted by Crippen LogP contribution is 2.30. The van der Waals surface area contributed by atoms with Gasteiger partial charge in [0, 0.05) is 13.1 Å². The normalized spacial score (nSPS) is 22.5. The molecule has 0 aliphatic heterocycles. The van der Waals surface area contributed by atoms with Crippen LogP contribution in [0.5, 0.6) is 0 Å². The summed E-state index contributed by atoms with van der Waals surface area (Å²) in [6.07, 6.45) is 11.9. The zero-order valence-electron chi connectivity index (χ0n) is 13.0. The maximum Gasteiger partial charge on any atom is 0.0547 e. The molecule has 1 aromatic rings. The van der Waals surface area contributed by atoms with Crippen LogP contribution in [0.25, 0.3) is 0 Å². The standard InChI is InChI=1S/C17H29N3/c1-3-9-19-16-11-17(13-18-12-16)20-10-8-15-6-4-14(2)5-7-15/h11-15,19-20H,3-10H2,1-2H3. The van der Waals surface area contributed by atoms with Crippen molar-refractivity contribution >= 4 is 11.4 Å². The van der Waals surface area contributed by atoms with Crippen molar-refractivity contribution in [3.63, 3.8) is 0 Å². The molecule has 0 radical (unpaired) electrons. The van der Waals surface area contributed by atoms with Gasteiger partial charge in [0.05, 0.1) is 23.8 Å². The maximum absolute atomic E-state index is 4.29. The number of rotatable bonds is 7. The summed E-state index contributed by atoms with van der Waals surface area (Å²) in [4.78, 5) is 4.29. The van der Waals surface area contributed by atoms with Gasteiger partial charge in [0.1, 0.15) is 0 Å². The van der Waals surface area contributed by atoms with E-state index in [4.69, 9.17) is 0 Å². The van der Waals surface area contributed by atoms with E-state index in [0.717, 1.165) is 42.7 Å². The monoisotopic (exact) mass is 275 g/mol. The summed E-state index contributed by atoms with van der Waals surface area (Å²) in [6, 6.07) is 2.16. The maximum atomic E-state index is 4.29. The second kappa shape index (κ2) is 8.13. The fourth-order valence-electron chi connectivity index (χ4n) is 2.94. The molecule has 112 valence electrons. The van der Waals surface area contributed by atoms with Crippen molar-refractivity contribution < 1.29 is 0 Å². The Labute approximate surface area is 123 Å². The van der Waals surface area contributed by atoms with Gasteiger partial charge in [-0.1, -0.05) is 39.5 Å². The number of anilines is 2. The molecular formula is C17H29N3. The van der Waals surface area contributed by atoms with Gasteiger partial charge in [-0.05, 0) is 30.7 Å². The van der Waals surface area contributed by atoms with Crippen LogP contribution < -0.4 is 10.6 Å². The van der Waals surface area contributed by atoms with Gasteiger partial charge >= 0.3 is 0 Å². The Bertz CT molecular complexity index is 384. The van der Waals surface area contributed by atoms with E-state index >= 15 is 0 Å². The minimum atomic E-state index is 0.924. The predicted molar refractivity (Wildman–Crippen MR) is 87.2 cm³/mol. The molecule has 2 rings (SSSR count). The minimum absolute atomic E-state index is 0.924. The van der Waals surface area contributed by atoms with E-state index in [1.807, 2.05) is 12.4 Å². The lowest BCUT2D eigenvalue weighted by atomic mass is 9.81. The Morgan fingerprint density at radius 1 is 1.05 bits per heavy atom. The van der Waals surface area contributed by atoms with Crippen molar-refractivity contribution in [3.05, 3.63) is 18.5 Å². The van der Waals surface area contributed by atoms with E-state index in [9.17, 15) is 0 Å². The van der Waals surface area contributed by atoms with E-state index in [-0.39, 0.29) is 0 Å². The predicted octanol–water partition coefficient (Wildman–Crippen LogP) is 4.53. The summed E-state index contributed by atoms with van der Waals surface area (Å²) in [5.74, 6) is 1.87. The third-order valence-corrected chi connectivity index (χ3v) is 4.33. The first-order valence-corrected chi connectivity index (χ1v) is 8.20. The summed E-state index contributed by atoms with van der Waals surface area (Å²) in [7, 11) is 0. The molecule has 1 aromatic heterocycles. The Kier molecular flexibility index (Phi) is 6.16. The Morgan fingerprint density at radius 3 is 2.35 bits per heavy atom. The van der Waals surface area contributed by atoms with Gasteiger partial charge in [-0.25, -0.2) is 0 Å². The average Bonchev–Trinajstić information content (AvgIpc) is 2.48. The molecule has 1 aliphatic carbocycles. The molecule has 0 saturated heterocycles. The van der Waals surface area contributed by atoms with Gasteiger partial charge in [-0.3, -0.25) is 4.98 Å². The second-order valence-corrected chi connectivity index (χ2v) is 6.23. The number of nitrogens with one attached hydrogen (secondary N) is 2. The zero-order valence-corrected chi connectivity index (χ0v) is 13.0. The van der Waals surface area contributed by atoms with Gasteiger partial charge < -0.3 is 10.6 Å². The zero-order chi connectivity index (χ0) is 14.2. The summed E-state index contributed by atoms with van der Waals surface area (Å²) >= 11 is 0. The molecule has 0 atom stereocenters. The van der Waals surface area contributed by atoms with Crippen LogP contribution in [-0.4, -0.2) is 18.1 Å². The molecular weight excluding hydrogens is 246 g/mol. The van der Waals surface area contributed by atoms with E-state index in [0.29, 0.717) is 0 Å². The fourth-order valence-corrected chi connectivity index (χ4v) is 2.94. The van der Waals surface area contributed by atoms with E-state index in [1.54, 1.807) is 0 Å². The number of nitrogens with zero attached hydrogens (tertiary/aromatic N) is 1. The lowest BCUT2D eigenvalue weighted by molar-refractivity contribution is 0.282. The van der Waals surface area contributed by atoms with Crippen LogP contribution in [0.3, 0.4) is 0 Å². The lowest BCUT2D eigenvalue weighted by Crippen LogP contribution is -2.15. The molecule has 1 heterocycles. The quantitative estimate of drug-likeness (QED) is 0.767. The molecule has 20 heavy (non-hydrogen) atoms. The summed E-state index contributed by atoms with van der Waals surface area (Å²) in [5, 5.41) is 6.89. The fraction of sp³-hybridized carbons (Fsp3) is 0.706. The molecule has 1 aliphatic rings. The van der Waals surface area contributed by atoms with Gasteiger partial charge in [0.15, 0.2) is 0 Å². The number of pyridine rings is 1. The van der Waals surface area contributed by atoms with Gasteiger partial charge in [0.2, 0.25) is 0 Å². The largest absolute Gasteiger partial charge is 0.384 e. The summed E-state index contributed by atoms with van der Waals surface area (Å²) in [6.45, 7) is 6.63. The van der Waals surface area contributed by atoms with E-state index in [1.165, 1.54) is 32.1 Å². The smallest absolute Gasteiger partial charge is 0.0547 e. The van der Waals surface area contributed by atoms with E-state index in [2.05, 4.69) is 35.5 Å². The van der Waals surface area contributed by atoms with Crippen LogP contribution in [0.1, 0.15) is 52.4 Å². The first-order valence-electron chi connectivity index (χ1n) is 8.20. The van der Waals surface area contributed by atoms with Gasteiger partial charge in [-0.15, -0.1) is 0 Å². The van der Waals surface area contributed by atoms with Crippen LogP contribution in [0.15, 0.2) is 18.5 Å². The highest BCUT2D eigenvalue weighted by molar-refractivity contribution is 5.53. The van der Waals surface area contributed by atoms with Crippen molar-refractivity contribution in [1.82, 2.24) is 4.98 Å². The van der Waals surface area contributed by atoms with Crippen LogP contribution in [0.2, 0.25) is 0 Å². The van der Waals surface area contributed by atoms with Crippen LogP contribution >= 0.6 is 0 Å². The molecule has 0 unspecified atom stereocenters. The van der Waals surface area contributed by atoms with Crippen molar-refractivity contribution in [2.45, 2.75) is 52.4 Å². The molecule has 2 N–H and O–H groups in total. The van der Waals surface area contributed by atoms with Crippen LogP contribution in [0, 0.1) is 11.8 Å². The van der Waals surface area contributed by atoms with Crippen molar-refractivity contribution in [3.8, 4) is 0 Å². The minimum Gasteiger partial charge on any atom is -0.384 e. The molecule has 1 saturated carbocycles. The first-order chi connectivity index (χ1) is 9.78. The highest BCUT2D eigenvalue weighted by Gasteiger charge is 2.17. The molecule has 0 aromatic carbocycles. The van der Waals surface area contributed by atoms with Gasteiger partial charge in [0.25, 0.3) is 0 Å². The second-order valence-electron chi connectivity index (χ2n) is 6.23. The van der Waals surface area contributed by atoms with Crippen molar-refractivity contribution in [2.24, 2.45) is 11.8 Å². The van der Waals surface area contributed by atoms with Crippen molar-refractivity contribution in [2.75, 3.05) is 23.7 Å². The molecule has 3 heteroatoms. The molecule has 3 nitrogen and oxygen atoms in total. The average molecular weight is 275 g/mol. The van der Waals surface area contributed by atoms with Gasteiger partial charge in [-0.2, -0.15) is 0 Å². The number of hydrogen-bond acceptors (Lipinski definition) is 3. The van der Waals surface area contributed by atoms with Crippen LogP contribution in [0.4, 0.5) is 11.4 Å². The topological polar surface area (TPSA) is 37.0 Å². The number of aromatic nitrogens is 1. The SMILES string of the molecule is CCCNc1cncc(NCCC2CCC(C)CC2)c1. The Balaban J connectivity index is 1.70. The molecule has 0 amide bonds. The third-order valence-electron chi connectivity index (χ3n) is 4.33. The summed E-state index contributed by atoms with van der Waals surface area (Å²) < 4.78 is 0. The molecule has 0 spiro atoms. The van der Waals surface area contributed by atoms with Crippen molar-refractivity contribution in [1.29, 1.82) is 0 Å². The highest BCUT2D eigenvalue weighted by atomic mass is 14.9. The van der Waals surface area contributed by atoms with Crippen LogP contribution in [-0.2, 0) is 0 Å². The molecule has 0 bridgehead atoms. The lowest BCUT2D eigenvalue weighted by Gasteiger charge is -2.26. The Morgan fingerprint density at radius 2 is 1.70 bits per heavy atom. The molecule has 1 fully saturated rings. The third kappa shape index (κ3) is 5.03. The Hall–Kier alpha value is -1.25. The number of hydrogen-bond donors (Lipinski definition) is 2. The summed E-state index contributed by atoms with van der Waals surface area (Å²) in [5.41, 5.74) is 2.25.